The molecule has 7 heteroatoms. The number of rotatable bonds is 7. The van der Waals surface area contributed by atoms with Crippen LogP contribution in [-0.2, 0) is 9.59 Å². The Morgan fingerprint density at radius 2 is 1.81 bits per heavy atom. The minimum absolute atomic E-state index is 0.0647. The Morgan fingerprint density at radius 3 is 2.46 bits per heavy atom. The summed E-state index contributed by atoms with van der Waals surface area (Å²) in [4.78, 5) is 23.7. The predicted molar refractivity (Wildman–Crippen MR) is 110 cm³/mol. The Balaban J connectivity index is 1.75. The van der Waals surface area contributed by atoms with E-state index < -0.39 is 0 Å². The molecule has 0 radical (unpaired) electrons. The van der Waals surface area contributed by atoms with Gasteiger partial charge in [-0.05, 0) is 83.1 Å². The number of methoxy groups -OCH3 is 1. The molecule has 0 aliphatic heterocycles. The lowest BCUT2D eigenvalue weighted by atomic mass is 10.2. The second kappa shape index (κ2) is 9.91. The average Bonchev–Trinajstić information content (AvgIpc) is 2.63. The molecule has 0 aromatic heterocycles. The van der Waals surface area contributed by atoms with Gasteiger partial charge in [-0.3, -0.25) is 9.59 Å². The van der Waals surface area contributed by atoms with E-state index in [1.165, 1.54) is 6.21 Å². The molecule has 0 spiro atoms. The highest BCUT2D eigenvalue weighted by Gasteiger charge is 2.08. The molecular formula is C19H20IN3O3. The van der Waals surface area contributed by atoms with Crippen LogP contribution in [0.15, 0.2) is 47.6 Å². The molecule has 0 heterocycles. The van der Waals surface area contributed by atoms with Crippen molar-refractivity contribution in [2.75, 3.05) is 12.4 Å². The van der Waals surface area contributed by atoms with Gasteiger partial charge >= 0.3 is 0 Å². The number of carbonyl (C=O) groups excluding carboxylic acids is 2. The number of hydrogen-bond donors (Lipinski definition) is 2. The summed E-state index contributed by atoms with van der Waals surface area (Å²) in [5.74, 6) is 0.230. The standard InChI is InChI=1S/C19H20IN3O3/c1-13-11-15(20)5-8-17(13)22-18(24)9-10-19(25)23-21-12-14-3-6-16(26-2)7-4-14/h3-8,11-12H,9-10H2,1-2H3,(H,22,24)(H,23,25). The quantitative estimate of drug-likeness (QED) is 0.374. The minimum atomic E-state index is -0.316. The summed E-state index contributed by atoms with van der Waals surface area (Å²) in [5.41, 5.74) is 4.99. The van der Waals surface area contributed by atoms with Crippen LogP contribution in [0.4, 0.5) is 5.69 Å². The fourth-order valence-electron chi connectivity index (χ4n) is 2.13. The number of nitrogens with one attached hydrogen (secondary N) is 2. The Bertz CT molecular complexity index is 804. The minimum Gasteiger partial charge on any atom is -0.497 e. The number of carbonyl (C=O) groups is 2. The van der Waals surface area contributed by atoms with Crippen LogP contribution < -0.4 is 15.5 Å². The van der Waals surface area contributed by atoms with Gasteiger partial charge in [-0.25, -0.2) is 5.43 Å². The maximum absolute atomic E-state index is 12.0. The first-order valence-electron chi connectivity index (χ1n) is 8.00. The zero-order valence-electron chi connectivity index (χ0n) is 14.6. The van der Waals surface area contributed by atoms with Crippen LogP contribution in [-0.4, -0.2) is 25.1 Å². The first kappa shape index (κ1) is 19.9. The van der Waals surface area contributed by atoms with Gasteiger partial charge in [0.1, 0.15) is 5.75 Å². The number of nitrogens with zero attached hydrogens (tertiary/aromatic N) is 1. The summed E-state index contributed by atoms with van der Waals surface area (Å²) in [6.07, 6.45) is 1.69. The predicted octanol–water partition coefficient (Wildman–Crippen LogP) is 3.48. The molecule has 0 saturated carbocycles. The van der Waals surface area contributed by atoms with Crippen molar-refractivity contribution in [1.29, 1.82) is 0 Å². The second-order valence-electron chi connectivity index (χ2n) is 5.57. The van der Waals surface area contributed by atoms with Gasteiger partial charge < -0.3 is 10.1 Å². The smallest absolute Gasteiger partial charge is 0.240 e. The van der Waals surface area contributed by atoms with Crippen molar-refractivity contribution < 1.29 is 14.3 Å². The molecular weight excluding hydrogens is 445 g/mol. The third kappa shape index (κ3) is 6.47. The van der Waals surface area contributed by atoms with Crippen molar-refractivity contribution in [3.63, 3.8) is 0 Å². The molecule has 2 N–H and O–H groups in total. The van der Waals surface area contributed by atoms with E-state index in [2.05, 4.69) is 38.4 Å². The number of halogens is 1. The van der Waals surface area contributed by atoms with E-state index in [0.29, 0.717) is 0 Å². The Labute approximate surface area is 166 Å². The first-order chi connectivity index (χ1) is 12.5. The summed E-state index contributed by atoms with van der Waals surface area (Å²) < 4.78 is 6.17. The number of aryl methyl sites for hydroxylation is 1. The third-order valence-corrected chi connectivity index (χ3v) is 4.23. The van der Waals surface area contributed by atoms with Gasteiger partial charge in [0.15, 0.2) is 0 Å². The van der Waals surface area contributed by atoms with E-state index in [4.69, 9.17) is 4.74 Å². The van der Waals surface area contributed by atoms with Crippen LogP contribution in [0.5, 0.6) is 5.75 Å². The molecule has 0 aliphatic rings. The monoisotopic (exact) mass is 465 g/mol. The lowest BCUT2D eigenvalue weighted by molar-refractivity contribution is -0.124. The van der Waals surface area contributed by atoms with Crippen LogP contribution in [0.3, 0.4) is 0 Å². The largest absolute Gasteiger partial charge is 0.497 e. The number of amides is 2. The van der Waals surface area contributed by atoms with Gasteiger partial charge in [0.25, 0.3) is 0 Å². The van der Waals surface area contributed by atoms with Crippen LogP contribution in [0.25, 0.3) is 0 Å². The van der Waals surface area contributed by atoms with E-state index in [1.807, 2.05) is 37.3 Å². The molecule has 0 atom stereocenters. The Kier molecular flexibility index (Phi) is 7.58. The van der Waals surface area contributed by atoms with Crippen LogP contribution in [0.1, 0.15) is 24.0 Å². The highest BCUT2D eigenvalue weighted by molar-refractivity contribution is 14.1. The van der Waals surface area contributed by atoms with E-state index in [0.717, 1.165) is 26.1 Å². The van der Waals surface area contributed by atoms with Crippen molar-refractivity contribution >= 4 is 46.3 Å². The molecule has 0 fully saturated rings. The van der Waals surface area contributed by atoms with Gasteiger partial charge in [0.2, 0.25) is 11.8 Å². The van der Waals surface area contributed by atoms with Gasteiger partial charge in [0, 0.05) is 22.1 Å². The molecule has 26 heavy (non-hydrogen) atoms. The normalized spacial score (nSPS) is 10.6. The molecule has 6 nitrogen and oxygen atoms in total. The zero-order chi connectivity index (χ0) is 18.9. The average molecular weight is 465 g/mol. The van der Waals surface area contributed by atoms with Gasteiger partial charge in [0.05, 0.1) is 13.3 Å². The Morgan fingerprint density at radius 1 is 1.12 bits per heavy atom. The summed E-state index contributed by atoms with van der Waals surface area (Å²) in [6.45, 7) is 1.93. The van der Waals surface area contributed by atoms with E-state index >= 15 is 0 Å². The van der Waals surface area contributed by atoms with Crippen LogP contribution in [0.2, 0.25) is 0 Å². The number of ether oxygens (including phenoxy) is 1. The summed E-state index contributed by atoms with van der Waals surface area (Å²) in [6, 6.07) is 13.0. The number of benzene rings is 2. The molecule has 0 unspecified atom stereocenters. The molecule has 2 aromatic rings. The molecule has 2 amide bonds. The maximum Gasteiger partial charge on any atom is 0.240 e. The lowest BCUT2D eigenvalue weighted by Crippen LogP contribution is -2.20. The van der Waals surface area contributed by atoms with Crippen molar-refractivity contribution in [2.24, 2.45) is 5.10 Å². The first-order valence-corrected chi connectivity index (χ1v) is 9.08. The molecule has 0 bridgehead atoms. The highest BCUT2D eigenvalue weighted by Crippen LogP contribution is 2.18. The molecule has 136 valence electrons. The zero-order valence-corrected chi connectivity index (χ0v) is 16.7. The van der Waals surface area contributed by atoms with E-state index in [1.54, 1.807) is 19.2 Å². The topological polar surface area (TPSA) is 79.8 Å². The Hall–Kier alpha value is -2.42. The molecule has 2 aromatic carbocycles. The summed E-state index contributed by atoms with van der Waals surface area (Å²) in [7, 11) is 1.60. The fraction of sp³-hybridized carbons (Fsp3) is 0.211. The second-order valence-corrected chi connectivity index (χ2v) is 6.82. The van der Waals surface area contributed by atoms with Crippen molar-refractivity contribution in [1.82, 2.24) is 5.43 Å². The number of hydrogen-bond acceptors (Lipinski definition) is 4. The van der Waals surface area contributed by atoms with Crippen molar-refractivity contribution in [2.45, 2.75) is 19.8 Å². The van der Waals surface area contributed by atoms with E-state index in [-0.39, 0.29) is 24.7 Å². The fourth-order valence-corrected chi connectivity index (χ4v) is 2.78. The van der Waals surface area contributed by atoms with Crippen LogP contribution in [0, 0.1) is 10.5 Å². The number of anilines is 1. The van der Waals surface area contributed by atoms with Gasteiger partial charge in [-0.15, -0.1) is 0 Å². The van der Waals surface area contributed by atoms with Crippen LogP contribution >= 0.6 is 22.6 Å². The van der Waals surface area contributed by atoms with Gasteiger partial charge in [-0.1, -0.05) is 0 Å². The summed E-state index contributed by atoms with van der Waals surface area (Å²) in [5, 5.41) is 6.70. The van der Waals surface area contributed by atoms with E-state index in [9.17, 15) is 9.59 Å². The summed E-state index contributed by atoms with van der Waals surface area (Å²) >= 11 is 2.22. The molecule has 0 aliphatic carbocycles. The number of hydrazone groups is 1. The molecule has 2 rings (SSSR count). The SMILES string of the molecule is COc1ccc(C=NNC(=O)CCC(=O)Nc2ccc(I)cc2C)cc1. The lowest BCUT2D eigenvalue weighted by Gasteiger charge is -2.08. The third-order valence-electron chi connectivity index (χ3n) is 3.56. The highest BCUT2D eigenvalue weighted by atomic mass is 127. The van der Waals surface area contributed by atoms with Crippen molar-refractivity contribution in [3.05, 3.63) is 57.2 Å². The van der Waals surface area contributed by atoms with Crippen molar-refractivity contribution in [3.8, 4) is 5.75 Å². The molecule has 0 saturated heterocycles. The van der Waals surface area contributed by atoms with Gasteiger partial charge in [-0.2, -0.15) is 5.10 Å². The maximum atomic E-state index is 12.0.